The Labute approximate surface area is 125 Å². The van der Waals surface area contributed by atoms with Gasteiger partial charge in [0, 0.05) is 24.0 Å². The van der Waals surface area contributed by atoms with E-state index in [2.05, 4.69) is 15.5 Å². The summed E-state index contributed by atoms with van der Waals surface area (Å²) in [6.45, 7) is 0.210. The van der Waals surface area contributed by atoms with Gasteiger partial charge in [-0.05, 0) is 36.4 Å². The van der Waals surface area contributed by atoms with Crippen molar-refractivity contribution >= 4 is 5.91 Å². The number of carbonyl (C=O) groups excluding carboxylic acids is 1. The van der Waals surface area contributed by atoms with Crippen LogP contribution in [0.3, 0.4) is 0 Å². The zero-order chi connectivity index (χ0) is 15.4. The number of benzene rings is 1. The Bertz CT molecular complexity index is 770. The summed E-state index contributed by atoms with van der Waals surface area (Å²) >= 11 is 0. The van der Waals surface area contributed by atoms with E-state index in [-0.39, 0.29) is 18.3 Å². The molecule has 0 saturated heterocycles. The van der Waals surface area contributed by atoms with E-state index in [1.165, 1.54) is 18.3 Å². The predicted octanol–water partition coefficient (Wildman–Crippen LogP) is 2.81. The van der Waals surface area contributed by atoms with E-state index in [1.807, 2.05) is 0 Å². The molecule has 0 radical (unpaired) electrons. The lowest BCUT2D eigenvalue weighted by Gasteiger charge is -2.01. The largest absolute Gasteiger partial charge is 0.359 e. The van der Waals surface area contributed by atoms with Gasteiger partial charge >= 0.3 is 0 Å². The molecule has 110 valence electrons. The van der Waals surface area contributed by atoms with E-state index in [9.17, 15) is 9.18 Å². The Balaban J connectivity index is 1.65. The fourth-order valence-electron chi connectivity index (χ4n) is 1.92. The second-order valence-electron chi connectivity index (χ2n) is 4.61. The maximum Gasteiger partial charge on any atom is 0.253 e. The van der Waals surface area contributed by atoms with Gasteiger partial charge in [-0.3, -0.25) is 9.78 Å². The van der Waals surface area contributed by atoms with Crippen molar-refractivity contribution in [1.29, 1.82) is 0 Å². The molecule has 0 spiro atoms. The number of nitrogens with zero attached hydrogens (tertiary/aromatic N) is 2. The van der Waals surface area contributed by atoms with Crippen LogP contribution in [0.2, 0.25) is 0 Å². The molecule has 22 heavy (non-hydrogen) atoms. The fourth-order valence-corrected chi connectivity index (χ4v) is 1.92. The molecule has 0 atom stereocenters. The third-order valence-electron chi connectivity index (χ3n) is 3.05. The molecule has 0 aliphatic carbocycles. The molecule has 0 bridgehead atoms. The number of hydrogen-bond donors (Lipinski definition) is 1. The van der Waals surface area contributed by atoms with Crippen LogP contribution in [0.25, 0.3) is 11.3 Å². The summed E-state index contributed by atoms with van der Waals surface area (Å²) in [7, 11) is 0. The van der Waals surface area contributed by atoms with Crippen LogP contribution >= 0.6 is 0 Å². The molecule has 5 nitrogen and oxygen atoms in total. The molecule has 1 aromatic carbocycles. The zero-order valence-electron chi connectivity index (χ0n) is 11.5. The molecule has 1 N–H and O–H groups in total. The highest BCUT2D eigenvalue weighted by Gasteiger charge is 2.09. The maximum absolute atomic E-state index is 12.9. The first-order valence-corrected chi connectivity index (χ1v) is 6.62. The van der Waals surface area contributed by atoms with E-state index in [0.29, 0.717) is 17.0 Å². The average Bonchev–Trinajstić information content (AvgIpc) is 3.03. The Morgan fingerprint density at radius 2 is 2.05 bits per heavy atom. The summed E-state index contributed by atoms with van der Waals surface area (Å²) in [4.78, 5) is 15.8. The van der Waals surface area contributed by atoms with Crippen LogP contribution in [0.1, 0.15) is 16.1 Å². The first kappa shape index (κ1) is 13.9. The average molecular weight is 297 g/mol. The molecule has 3 aromatic rings. The van der Waals surface area contributed by atoms with Crippen LogP contribution in [-0.4, -0.2) is 16.0 Å². The van der Waals surface area contributed by atoms with Gasteiger partial charge in [0.15, 0.2) is 5.76 Å². The quantitative estimate of drug-likeness (QED) is 0.804. The lowest BCUT2D eigenvalue weighted by Crippen LogP contribution is -2.22. The van der Waals surface area contributed by atoms with Crippen LogP contribution in [0, 0.1) is 5.82 Å². The predicted molar refractivity (Wildman–Crippen MR) is 77.3 cm³/mol. The number of amides is 1. The first-order chi connectivity index (χ1) is 10.7. The third-order valence-corrected chi connectivity index (χ3v) is 3.05. The number of hydrogen-bond acceptors (Lipinski definition) is 4. The minimum atomic E-state index is -0.309. The molecule has 6 heteroatoms. The van der Waals surface area contributed by atoms with Crippen LogP contribution in [-0.2, 0) is 6.54 Å². The Morgan fingerprint density at radius 3 is 2.77 bits per heavy atom. The normalized spacial score (nSPS) is 10.4. The van der Waals surface area contributed by atoms with Gasteiger partial charge in [-0.25, -0.2) is 4.39 Å². The van der Waals surface area contributed by atoms with Crippen LogP contribution < -0.4 is 5.32 Å². The second-order valence-corrected chi connectivity index (χ2v) is 4.61. The summed E-state index contributed by atoms with van der Waals surface area (Å²) < 4.78 is 18.0. The molecule has 0 fully saturated rings. The topological polar surface area (TPSA) is 68.0 Å². The molecule has 2 heterocycles. The van der Waals surface area contributed by atoms with Crippen molar-refractivity contribution in [1.82, 2.24) is 15.5 Å². The standard InChI is InChI=1S/C16H12FN3O2/c17-13-5-3-11(4-6-13)15-8-14(22-20-15)10-19-16(21)12-2-1-7-18-9-12/h1-9H,10H2,(H,19,21). The number of aromatic nitrogens is 2. The van der Waals surface area contributed by atoms with Gasteiger partial charge in [0.05, 0.1) is 12.1 Å². The monoisotopic (exact) mass is 297 g/mol. The van der Waals surface area contributed by atoms with Crippen molar-refractivity contribution in [2.24, 2.45) is 0 Å². The number of halogens is 1. The van der Waals surface area contributed by atoms with Gasteiger partial charge in [0.2, 0.25) is 0 Å². The fraction of sp³-hybridized carbons (Fsp3) is 0.0625. The van der Waals surface area contributed by atoms with Crippen molar-refractivity contribution in [2.75, 3.05) is 0 Å². The zero-order valence-corrected chi connectivity index (χ0v) is 11.5. The first-order valence-electron chi connectivity index (χ1n) is 6.62. The Morgan fingerprint density at radius 1 is 1.23 bits per heavy atom. The number of carbonyl (C=O) groups is 1. The molecular formula is C16H12FN3O2. The van der Waals surface area contributed by atoms with E-state index < -0.39 is 0 Å². The highest BCUT2D eigenvalue weighted by Crippen LogP contribution is 2.19. The molecule has 1 amide bonds. The van der Waals surface area contributed by atoms with Gasteiger partial charge < -0.3 is 9.84 Å². The van der Waals surface area contributed by atoms with Crippen LogP contribution in [0.5, 0.6) is 0 Å². The summed E-state index contributed by atoms with van der Waals surface area (Å²) in [5, 5.41) is 6.62. The van der Waals surface area contributed by atoms with Crippen LogP contribution in [0.15, 0.2) is 59.4 Å². The van der Waals surface area contributed by atoms with Gasteiger partial charge in [0.25, 0.3) is 5.91 Å². The molecule has 3 rings (SSSR count). The Kier molecular flexibility index (Phi) is 3.91. The van der Waals surface area contributed by atoms with Crippen LogP contribution in [0.4, 0.5) is 4.39 Å². The summed E-state index contributed by atoms with van der Waals surface area (Å²) in [5.41, 5.74) is 1.81. The van der Waals surface area contributed by atoms with Crippen molar-refractivity contribution in [2.45, 2.75) is 6.54 Å². The van der Waals surface area contributed by atoms with E-state index >= 15 is 0 Å². The van der Waals surface area contributed by atoms with Gasteiger partial charge in [-0.1, -0.05) is 5.16 Å². The minimum absolute atomic E-state index is 0.210. The minimum Gasteiger partial charge on any atom is -0.359 e. The van der Waals surface area contributed by atoms with Crippen molar-refractivity contribution in [3.63, 3.8) is 0 Å². The highest BCUT2D eigenvalue weighted by atomic mass is 19.1. The smallest absolute Gasteiger partial charge is 0.253 e. The molecular weight excluding hydrogens is 285 g/mol. The SMILES string of the molecule is O=C(NCc1cc(-c2ccc(F)cc2)no1)c1cccnc1. The molecule has 0 saturated carbocycles. The second kappa shape index (κ2) is 6.17. The van der Waals surface area contributed by atoms with Crippen molar-refractivity contribution in [3.8, 4) is 11.3 Å². The summed E-state index contributed by atoms with van der Waals surface area (Å²) in [5.74, 6) is -0.0411. The molecule has 2 aromatic heterocycles. The number of pyridine rings is 1. The van der Waals surface area contributed by atoms with E-state index in [1.54, 1.807) is 36.5 Å². The van der Waals surface area contributed by atoms with Crippen molar-refractivity contribution < 1.29 is 13.7 Å². The van der Waals surface area contributed by atoms with Gasteiger partial charge in [-0.2, -0.15) is 0 Å². The van der Waals surface area contributed by atoms with Gasteiger partial charge in [0.1, 0.15) is 11.5 Å². The molecule has 0 unspecified atom stereocenters. The van der Waals surface area contributed by atoms with Crippen molar-refractivity contribution in [3.05, 3.63) is 72.0 Å². The highest BCUT2D eigenvalue weighted by molar-refractivity contribution is 5.93. The van der Waals surface area contributed by atoms with Gasteiger partial charge in [-0.15, -0.1) is 0 Å². The Hall–Kier alpha value is -3.02. The lowest BCUT2D eigenvalue weighted by atomic mass is 10.1. The molecule has 0 aliphatic heterocycles. The third kappa shape index (κ3) is 3.17. The van der Waals surface area contributed by atoms with E-state index in [4.69, 9.17) is 4.52 Å². The number of nitrogens with one attached hydrogen (secondary N) is 1. The maximum atomic E-state index is 12.9. The number of rotatable bonds is 4. The summed E-state index contributed by atoms with van der Waals surface area (Å²) in [6, 6.07) is 11.0. The lowest BCUT2D eigenvalue weighted by molar-refractivity contribution is 0.0946. The van der Waals surface area contributed by atoms with E-state index in [0.717, 1.165) is 5.56 Å². The summed E-state index contributed by atoms with van der Waals surface area (Å²) in [6.07, 6.45) is 3.09. The molecule has 0 aliphatic rings.